The topological polar surface area (TPSA) is 101 Å². The Morgan fingerprint density at radius 1 is 1.05 bits per heavy atom. The van der Waals surface area contributed by atoms with E-state index in [-0.39, 0.29) is 6.42 Å². The second-order valence-electron chi connectivity index (χ2n) is 8.20. The molecule has 2 amide bonds. The number of alkyl halides is 3. The monoisotopic (exact) mass is 536 g/mol. The van der Waals surface area contributed by atoms with Crippen molar-refractivity contribution in [2.24, 2.45) is 5.10 Å². The number of aromatic nitrogens is 3. The van der Waals surface area contributed by atoms with Crippen LogP contribution in [0.2, 0.25) is 0 Å². The molecule has 3 heterocycles. The second kappa shape index (κ2) is 10.3. The zero-order chi connectivity index (χ0) is 27.6. The van der Waals surface area contributed by atoms with Gasteiger partial charge < -0.3 is 10.1 Å². The Balaban J connectivity index is 1.37. The first kappa shape index (κ1) is 25.4. The molecule has 1 aliphatic heterocycles. The van der Waals surface area contributed by atoms with E-state index in [0.29, 0.717) is 28.2 Å². The van der Waals surface area contributed by atoms with E-state index in [2.05, 4.69) is 37.1 Å². The van der Waals surface area contributed by atoms with Crippen LogP contribution in [0.1, 0.15) is 29.3 Å². The minimum Gasteiger partial charge on any atom is -0.403 e. The molecule has 0 spiro atoms. The van der Waals surface area contributed by atoms with E-state index in [1.54, 1.807) is 53.3 Å². The predicted octanol–water partition coefficient (Wildman–Crippen LogP) is 4.67. The van der Waals surface area contributed by atoms with Crippen molar-refractivity contribution < 1.29 is 31.9 Å². The van der Waals surface area contributed by atoms with Crippen LogP contribution in [0.4, 0.5) is 28.0 Å². The number of rotatable bonds is 2. The number of anilines is 1. The molecule has 39 heavy (non-hydrogen) atoms. The fourth-order valence-corrected chi connectivity index (χ4v) is 3.75. The maximum atomic E-state index is 13.4. The Morgan fingerprint density at radius 3 is 2.62 bits per heavy atom. The summed E-state index contributed by atoms with van der Waals surface area (Å²) in [4.78, 5) is 28.6. The molecular formula is C26H16F4N6O3. The lowest BCUT2D eigenvalue weighted by molar-refractivity contribution is -0.191. The molecule has 0 saturated carbocycles. The molecule has 0 radical (unpaired) electrons. The fraction of sp³-hybridized carbons (Fsp3) is 0.115. The smallest absolute Gasteiger partial charge is 0.403 e. The van der Waals surface area contributed by atoms with Gasteiger partial charge in [-0.3, -0.25) is 0 Å². The number of carbonyl (C=O) groups excluding carboxylic acids is 2. The van der Waals surface area contributed by atoms with Crippen molar-refractivity contribution in [1.82, 2.24) is 19.6 Å². The molecule has 0 saturated heterocycles. The van der Waals surface area contributed by atoms with Crippen molar-refractivity contribution in [3.8, 4) is 11.8 Å². The molecule has 0 fully saturated rings. The van der Waals surface area contributed by atoms with Gasteiger partial charge in [0, 0.05) is 17.4 Å². The van der Waals surface area contributed by atoms with E-state index in [1.807, 2.05) is 0 Å². The van der Waals surface area contributed by atoms with Crippen LogP contribution in [-0.2, 0) is 9.53 Å². The Kier molecular flexibility index (Phi) is 6.68. The Bertz CT molecular complexity index is 1650. The average molecular weight is 536 g/mol. The Hall–Kier alpha value is -5.25. The van der Waals surface area contributed by atoms with Gasteiger partial charge in [0.15, 0.2) is 5.65 Å². The number of hydrogen-bond donors (Lipinski definition) is 1. The number of hydrazone groups is 1. The third-order valence-corrected chi connectivity index (χ3v) is 5.51. The van der Waals surface area contributed by atoms with Crippen LogP contribution in [0.15, 0.2) is 78.2 Å². The van der Waals surface area contributed by atoms with Gasteiger partial charge in [-0.2, -0.15) is 18.3 Å². The summed E-state index contributed by atoms with van der Waals surface area (Å²) in [5, 5.41) is 11.4. The number of urea groups is 1. The molecule has 0 bridgehead atoms. The normalized spacial score (nSPS) is 14.9. The van der Waals surface area contributed by atoms with Gasteiger partial charge >= 0.3 is 18.2 Å². The van der Waals surface area contributed by atoms with E-state index in [4.69, 9.17) is 0 Å². The number of nitrogens with one attached hydrogen (secondary N) is 1. The Morgan fingerprint density at radius 2 is 1.85 bits per heavy atom. The first-order valence-electron chi connectivity index (χ1n) is 11.3. The van der Waals surface area contributed by atoms with Gasteiger partial charge in [0.2, 0.25) is 5.90 Å². The number of imidazole rings is 1. The Labute approximate surface area is 217 Å². The number of fused-ring (bicyclic) bond motifs is 1. The van der Waals surface area contributed by atoms with E-state index in [9.17, 15) is 27.2 Å². The number of amides is 2. The zero-order valence-electron chi connectivity index (χ0n) is 19.7. The summed E-state index contributed by atoms with van der Waals surface area (Å²) in [5.41, 5.74) is 2.41. The van der Waals surface area contributed by atoms with Crippen LogP contribution in [0.25, 0.3) is 5.65 Å². The summed E-state index contributed by atoms with van der Waals surface area (Å²) in [7, 11) is 0. The summed E-state index contributed by atoms with van der Waals surface area (Å²) >= 11 is 0. The van der Waals surface area contributed by atoms with Crippen molar-refractivity contribution in [3.63, 3.8) is 0 Å². The highest BCUT2D eigenvalue weighted by Gasteiger charge is 2.44. The lowest BCUT2D eigenvalue weighted by Gasteiger charge is -2.22. The van der Waals surface area contributed by atoms with Gasteiger partial charge in [0.1, 0.15) is 11.5 Å². The summed E-state index contributed by atoms with van der Waals surface area (Å²) in [5.74, 6) is 2.30. The van der Waals surface area contributed by atoms with Gasteiger partial charge in [-0.15, -0.1) is 5.10 Å². The quantitative estimate of drug-likeness (QED) is 0.228. The van der Waals surface area contributed by atoms with E-state index >= 15 is 0 Å². The van der Waals surface area contributed by atoms with Gasteiger partial charge in [-0.05, 0) is 53.9 Å². The van der Waals surface area contributed by atoms with Crippen molar-refractivity contribution in [3.05, 3.63) is 95.7 Å². The highest BCUT2D eigenvalue weighted by molar-refractivity contribution is 5.96. The molecule has 13 heteroatoms. The van der Waals surface area contributed by atoms with E-state index in [0.717, 1.165) is 17.1 Å². The van der Waals surface area contributed by atoms with Crippen LogP contribution in [0.5, 0.6) is 0 Å². The van der Waals surface area contributed by atoms with E-state index < -0.39 is 35.9 Å². The summed E-state index contributed by atoms with van der Waals surface area (Å²) in [6, 6.07) is 13.3. The fourth-order valence-electron chi connectivity index (χ4n) is 3.75. The molecule has 2 aromatic carbocycles. The lowest BCUT2D eigenvalue weighted by Crippen LogP contribution is -2.31. The predicted molar refractivity (Wildman–Crippen MR) is 130 cm³/mol. The molecule has 5 rings (SSSR count). The molecule has 2 aromatic heterocycles. The first-order chi connectivity index (χ1) is 18.7. The van der Waals surface area contributed by atoms with Gasteiger partial charge in [-0.1, -0.05) is 24.1 Å². The minimum absolute atomic E-state index is 0.317. The van der Waals surface area contributed by atoms with Crippen LogP contribution in [0, 0.1) is 17.7 Å². The zero-order valence-corrected chi connectivity index (χ0v) is 19.7. The summed E-state index contributed by atoms with van der Waals surface area (Å²) in [6.07, 6.45) is -2.40. The van der Waals surface area contributed by atoms with Crippen LogP contribution >= 0.6 is 0 Å². The number of hydrogen-bond acceptors (Lipinski definition) is 6. The number of esters is 1. The maximum Gasteiger partial charge on any atom is 0.491 e. The maximum absolute atomic E-state index is 13.4. The van der Waals surface area contributed by atoms with Crippen LogP contribution in [-0.4, -0.2) is 43.7 Å². The van der Waals surface area contributed by atoms with Crippen LogP contribution < -0.4 is 5.32 Å². The van der Waals surface area contributed by atoms with Crippen molar-refractivity contribution in [2.45, 2.75) is 18.6 Å². The largest absolute Gasteiger partial charge is 0.491 e. The van der Waals surface area contributed by atoms with E-state index in [1.165, 1.54) is 12.1 Å². The standard InChI is InChI=1S/C26H16F4N6O3/c27-18-9-7-17(8-10-18)21-14-23(39-24(37)26(28,29)30)34-36(21)25(38)33-19-4-1-3-16(13-19)6-11-20-15-31-22-5-2-12-32-35(20)22/h1-5,7-10,12-13,15,21H,14H2,(H,33,38). The first-order valence-corrected chi connectivity index (χ1v) is 11.3. The van der Waals surface area contributed by atoms with Gasteiger partial charge in [0.05, 0.1) is 18.7 Å². The number of benzene rings is 2. The van der Waals surface area contributed by atoms with Gasteiger partial charge in [-0.25, -0.2) is 28.5 Å². The van der Waals surface area contributed by atoms with Gasteiger partial charge in [0.25, 0.3) is 0 Å². The molecule has 1 atom stereocenters. The lowest BCUT2D eigenvalue weighted by atomic mass is 10.0. The molecule has 1 unspecified atom stereocenters. The molecule has 1 aliphatic rings. The number of ether oxygens (including phenoxy) is 1. The highest BCUT2D eigenvalue weighted by atomic mass is 19.4. The molecular weight excluding hydrogens is 520 g/mol. The number of halogens is 4. The third-order valence-electron chi connectivity index (χ3n) is 5.51. The molecule has 4 aromatic rings. The minimum atomic E-state index is -5.25. The third kappa shape index (κ3) is 5.69. The van der Waals surface area contributed by atoms with Crippen molar-refractivity contribution in [1.29, 1.82) is 0 Å². The molecule has 1 N–H and O–H groups in total. The average Bonchev–Trinajstić information content (AvgIpc) is 3.52. The molecule has 9 nitrogen and oxygen atoms in total. The van der Waals surface area contributed by atoms with Crippen LogP contribution in [0.3, 0.4) is 0 Å². The summed E-state index contributed by atoms with van der Waals surface area (Å²) in [6.45, 7) is 0. The number of carbonyl (C=O) groups is 2. The van der Waals surface area contributed by atoms with Crippen molar-refractivity contribution >= 4 is 29.2 Å². The number of nitrogens with zero attached hydrogens (tertiary/aromatic N) is 5. The molecule has 196 valence electrons. The highest BCUT2D eigenvalue weighted by Crippen LogP contribution is 2.32. The summed E-state index contributed by atoms with van der Waals surface area (Å²) < 4.78 is 57.4. The second-order valence-corrected chi connectivity index (χ2v) is 8.20. The molecule has 0 aliphatic carbocycles. The SMILES string of the molecule is O=C(Nc1cccc(C#Cc2cnc3cccnn23)c1)N1N=C(OC(=O)C(F)(F)F)CC1c1ccc(F)cc1. The van der Waals surface area contributed by atoms with Crippen molar-refractivity contribution in [2.75, 3.05) is 5.32 Å².